The average Bonchev–Trinajstić information content (AvgIpc) is 2.54. The fourth-order valence-corrected chi connectivity index (χ4v) is 2.46. The Bertz CT molecular complexity index is 476. The normalized spacial score (nSPS) is 17.5. The van der Waals surface area contributed by atoms with Crippen LogP contribution in [0.25, 0.3) is 0 Å². The molecule has 0 spiro atoms. The molecule has 0 aromatic heterocycles. The van der Waals surface area contributed by atoms with Crippen LogP contribution in [0.1, 0.15) is 0 Å². The molecule has 1 aromatic rings. The van der Waals surface area contributed by atoms with Crippen molar-refractivity contribution in [3.8, 4) is 5.75 Å². The molecule has 1 aromatic carbocycles. The van der Waals surface area contributed by atoms with Crippen molar-refractivity contribution in [2.45, 2.75) is 0 Å². The molecule has 1 unspecified atom stereocenters. The van der Waals surface area contributed by atoms with E-state index >= 15 is 0 Å². The Morgan fingerprint density at radius 2 is 1.88 bits per heavy atom. The summed E-state index contributed by atoms with van der Waals surface area (Å²) in [6.45, 7) is -0.0621. The van der Waals surface area contributed by atoms with Gasteiger partial charge in [-0.05, 0) is 12.1 Å². The number of imide groups is 1. The molecule has 6 nitrogen and oxygen atoms in total. The number of para-hydroxylation sites is 1. The topological polar surface area (TPSA) is 66.9 Å². The van der Waals surface area contributed by atoms with Crippen LogP contribution < -0.4 is 4.52 Å². The fourth-order valence-electron chi connectivity index (χ4n) is 1.43. The van der Waals surface area contributed by atoms with Gasteiger partial charge in [0.25, 0.3) is 5.91 Å². The molecule has 1 heterocycles. The van der Waals surface area contributed by atoms with E-state index in [9.17, 15) is 14.2 Å². The first-order chi connectivity index (χ1) is 8.09. The summed E-state index contributed by atoms with van der Waals surface area (Å²) >= 11 is 0. The predicted octanol–water partition coefficient (Wildman–Crippen LogP) is 1.35. The number of carbonyl (C=O) groups is 2. The molecule has 0 saturated carbocycles. The van der Waals surface area contributed by atoms with E-state index in [4.69, 9.17) is 4.52 Å². The van der Waals surface area contributed by atoms with Gasteiger partial charge in [-0.15, -0.1) is 0 Å². The number of urea groups is 1. The van der Waals surface area contributed by atoms with E-state index in [1.54, 1.807) is 30.3 Å². The number of rotatable bonds is 3. The van der Waals surface area contributed by atoms with Crippen molar-refractivity contribution in [3.05, 3.63) is 30.3 Å². The van der Waals surface area contributed by atoms with Gasteiger partial charge in [0.1, 0.15) is 12.3 Å². The summed E-state index contributed by atoms with van der Waals surface area (Å²) < 4.78 is 17.6. The molecule has 2 rings (SSSR count). The van der Waals surface area contributed by atoms with Gasteiger partial charge in [0.05, 0.1) is 0 Å². The van der Waals surface area contributed by atoms with Gasteiger partial charge in [0.15, 0.2) is 0 Å². The lowest BCUT2D eigenvalue weighted by atomic mass is 10.3. The molecular weight excluding hydrogens is 243 g/mol. The zero-order valence-corrected chi connectivity index (χ0v) is 10.1. The summed E-state index contributed by atoms with van der Waals surface area (Å²) in [6, 6.07) is 7.84. The van der Waals surface area contributed by atoms with Gasteiger partial charge < -0.3 is 9.42 Å². The molecule has 3 amide bonds. The quantitative estimate of drug-likeness (QED) is 0.603. The number of likely N-dealkylation sites (N-methyl/N-ethyl adjacent to an activating group) is 1. The molecule has 0 N–H and O–H groups in total. The van der Waals surface area contributed by atoms with Crippen LogP contribution in [0, 0.1) is 0 Å². The third kappa shape index (κ3) is 2.31. The van der Waals surface area contributed by atoms with Gasteiger partial charge in [0, 0.05) is 7.05 Å². The summed E-state index contributed by atoms with van der Waals surface area (Å²) in [4.78, 5) is 24.2. The number of carbonyl (C=O) groups excluding carboxylic acids is 2. The van der Waals surface area contributed by atoms with Crippen LogP contribution in [0.15, 0.2) is 30.3 Å². The Hall–Kier alpha value is -1.81. The summed E-state index contributed by atoms with van der Waals surface area (Å²) in [5.41, 5.74) is 0. The highest BCUT2D eigenvalue weighted by Gasteiger charge is 2.38. The molecule has 1 atom stereocenters. The Labute approximate surface area is 98.7 Å². The molecule has 1 fully saturated rings. The highest BCUT2D eigenvalue weighted by Crippen LogP contribution is 2.34. The van der Waals surface area contributed by atoms with Crippen LogP contribution in [0.3, 0.4) is 0 Å². The van der Waals surface area contributed by atoms with Crippen molar-refractivity contribution in [1.29, 1.82) is 0 Å². The SMILES string of the molecule is CN1CC(=O)N([PH](=O)Oc2ccccc2)C1=O. The molecule has 0 bridgehead atoms. The van der Waals surface area contributed by atoms with Gasteiger partial charge in [-0.2, -0.15) is 4.67 Å². The maximum absolute atomic E-state index is 11.8. The van der Waals surface area contributed by atoms with E-state index in [0.29, 0.717) is 10.4 Å². The summed E-state index contributed by atoms with van der Waals surface area (Å²) in [5.74, 6) is -0.135. The smallest absolute Gasteiger partial charge is 0.342 e. The highest BCUT2D eigenvalue weighted by atomic mass is 31.1. The Kier molecular flexibility index (Phi) is 3.15. The number of hydrogen-bond acceptors (Lipinski definition) is 4. The van der Waals surface area contributed by atoms with Gasteiger partial charge in [-0.1, -0.05) is 18.2 Å². The zero-order valence-electron chi connectivity index (χ0n) is 9.12. The lowest BCUT2D eigenvalue weighted by Crippen LogP contribution is -2.26. The molecule has 90 valence electrons. The van der Waals surface area contributed by atoms with Gasteiger partial charge >= 0.3 is 14.2 Å². The van der Waals surface area contributed by atoms with Crippen LogP contribution in [-0.2, 0) is 9.36 Å². The fraction of sp³-hybridized carbons (Fsp3) is 0.200. The molecule has 1 aliphatic heterocycles. The number of amides is 3. The predicted molar refractivity (Wildman–Crippen MR) is 60.9 cm³/mol. The highest BCUT2D eigenvalue weighted by molar-refractivity contribution is 7.38. The summed E-state index contributed by atoms with van der Waals surface area (Å²) in [6.07, 6.45) is 0. The molecule has 0 radical (unpaired) electrons. The minimum Gasteiger partial charge on any atom is -0.430 e. The van der Waals surface area contributed by atoms with Crippen molar-refractivity contribution >= 4 is 20.1 Å². The van der Waals surface area contributed by atoms with E-state index in [1.807, 2.05) is 0 Å². The lowest BCUT2D eigenvalue weighted by molar-refractivity contribution is -0.122. The molecule has 1 aliphatic rings. The number of nitrogens with zero attached hydrogens (tertiary/aromatic N) is 2. The van der Waals surface area contributed by atoms with Crippen LogP contribution in [0.5, 0.6) is 5.75 Å². The molecule has 7 heteroatoms. The Balaban J connectivity index is 2.11. The van der Waals surface area contributed by atoms with Gasteiger partial charge in [-0.3, -0.25) is 9.36 Å². The maximum Gasteiger partial charge on any atom is 0.342 e. The monoisotopic (exact) mass is 254 g/mol. The first-order valence-electron chi connectivity index (χ1n) is 4.94. The van der Waals surface area contributed by atoms with Crippen LogP contribution >= 0.6 is 8.18 Å². The molecule has 17 heavy (non-hydrogen) atoms. The Morgan fingerprint density at radius 3 is 2.41 bits per heavy atom. The second-order valence-corrected chi connectivity index (χ2v) is 4.73. The summed E-state index contributed by atoms with van der Waals surface area (Å²) in [5, 5.41) is 0. The number of benzene rings is 1. The summed E-state index contributed by atoms with van der Waals surface area (Å²) in [7, 11) is -1.44. The third-order valence-corrected chi connectivity index (χ3v) is 3.49. The Morgan fingerprint density at radius 1 is 1.24 bits per heavy atom. The second-order valence-electron chi connectivity index (χ2n) is 3.55. The minimum absolute atomic E-state index is 0.0621. The van der Waals surface area contributed by atoms with Crippen molar-refractivity contribution in [2.24, 2.45) is 0 Å². The van der Waals surface area contributed by atoms with Crippen molar-refractivity contribution in [3.63, 3.8) is 0 Å². The van der Waals surface area contributed by atoms with E-state index in [-0.39, 0.29) is 6.54 Å². The number of hydrogen-bond donors (Lipinski definition) is 0. The van der Waals surface area contributed by atoms with Crippen LogP contribution in [0.4, 0.5) is 4.79 Å². The van der Waals surface area contributed by atoms with Crippen LogP contribution in [0.2, 0.25) is 0 Å². The first-order valence-corrected chi connectivity index (χ1v) is 6.21. The van der Waals surface area contributed by atoms with Crippen LogP contribution in [-0.4, -0.2) is 35.1 Å². The van der Waals surface area contributed by atoms with Crippen molar-refractivity contribution in [2.75, 3.05) is 13.6 Å². The maximum atomic E-state index is 11.8. The zero-order chi connectivity index (χ0) is 12.4. The average molecular weight is 254 g/mol. The largest absolute Gasteiger partial charge is 0.430 e. The first kappa shape index (κ1) is 11.7. The lowest BCUT2D eigenvalue weighted by Gasteiger charge is -2.14. The van der Waals surface area contributed by atoms with E-state index in [2.05, 4.69) is 0 Å². The molecular formula is C10H11N2O4P. The van der Waals surface area contributed by atoms with E-state index in [1.165, 1.54) is 11.9 Å². The molecule has 0 aliphatic carbocycles. The molecule has 1 saturated heterocycles. The van der Waals surface area contributed by atoms with E-state index in [0.717, 1.165) is 0 Å². The standard InChI is InChI=1S/C10H11N2O4P/c1-11-7-9(13)12(10(11)14)17(15)16-8-5-3-2-4-6-8/h2-6,17H,7H2,1H3. The van der Waals surface area contributed by atoms with Gasteiger partial charge in [-0.25, -0.2) is 4.79 Å². The third-order valence-electron chi connectivity index (χ3n) is 2.27. The van der Waals surface area contributed by atoms with Crippen molar-refractivity contribution < 1.29 is 18.7 Å². The second kappa shape index (κ2) is 4.59. The van der Waals surface area contributed by atoms with Crippen molar-refractivity contribution in [1.82, 2.24) is 9.57 Å². The van der Waals surface area contributed by atoms with E-state index < -0.39 is 20.1 Å². The minimum atomic E-state index is -2.91. The van der Waals surface area contributed by atoms with Gasteiger partial charge in [0.2, 0.25) is 0 Å².